The summed E-state index contributed by atoms with van der Waals surface area (Å²) in [5, 5.41) is 19.8. The second kappa shape index (κ2) is 7.50. The van der Waals surface area contributed by atoms with E-state index in [9.17, 15) is 14.9 Å². The molecule has 0 saturated heterocycles. The maximum absolute atomic E-state index is 13.0. The number of aromatic nitrogens is 3. The van der Waals surface area contributed by atoms with Gasteiger partial charge in [-0.3, -0.25) is 14.9 Å². The van der Waals surface area contributed by atoms with Gasteiger partial charge in [-0.2, -0.15) is 9.78 Å². The van der Waals surface area contributed by atoms with Crippen LogP contribution in [0.1, 0.15) is 26.5 Å². The standard InChI is InChI=1S/C22H17N5O3S2/c1-11-6-16-18(7-12(11)2)32-22(23-16)26-20(8-13(3)25-26)24-21(28)19-10-14-9-15(27(29)30)4-5-17(14)31-19/h4-10H,1-3H3,(H,24,28). The Balaban J connectivity index is 1.48. The molecule has 1 N–H and O–H groups in total. The monoisotopic (exact) mass is 463 g/mol. The van der Waals surface area contributed by atoms with Gasteiger partial charge in [-0.15, -0.1) is 11.3 Å². The van der Waals surface area contributed by atoms with Crippen molar-refractivity contribution in [2.75, 3.05) is 5.32 Å². The number of non-ortho nitro benzene ring substituents is 1. The van der Waals surface area contributed by atoms with Gasteiger partial charge in [0.15, 0.2) is 0 Å². The van der Waals surface area contributed by atoms with Crippen molar-refractivity contribution in [2.45, 2.75) is 20.8 Å². The molecule has 0 aliphatic heterocycles. The first-order chi connectivity index (χ1) is 15.3. The highest BCUT2D eigenvalue weighted by molar-refractivity contribution is 7.21. The first kappa shape index (κ1) is 20.3. The minimum absolute atomic E-state index is 0.00253. The fourth-order valence-electron chi connectivity index (χ4n) is 3.43. The maximum atomic E-state index is 13.0. The number of thiophene rings is 1. The third kappa shape index (κ3) is 3.53. The van der Waals surface area contributed by atoms with Gasteiger partial charge < -0.3 is 5.32 Å². The van der Waals surface area contributed by atoms with Crippen molar-refractivity contribution in [1.82, 2.24) is 14.8 Å². The van der Waals surface area contributed by atoms with Crippen molar-refractivity contribution in [1.29, 1.82) is 0 Å². The molecule has 0 atom stereocenters. The number of amides is 1. The Kier molecular flexibility index (Phi) is 4.75. The summed E-state index contributed by atoms with van der Waals surface area (Å²) in [7, 11) is 0. The quantitative estimate of drug-likeness (QED) is 0.269. The average molecular weight is 464 g/mol. The Bertz CT molecular complexity index is 1510. The van der Waals surface area contributed by atoms with Crippen LogP contribution in [0.5, 0.6) is 0 Å². The highest BCUT2D eigenvalue weighted by atomic mass is 32.1. The van der Waals surface area contributed by atoms with Gasteiger partial charge in [-0.05, 0) is 56.2 Å². The van der Waals surface area contributed by atoms with E-state index < -0.39 is 4.92 Å². The number of anilines is 1. The molecule has 1 amide bonds. The molecule has 0 fully saturated rings. The zero-order valence-electron chi connectivity index (χ0n) is 17.4. The Morgan fingerprint density at radius 3 is 2.59 bits per heavy atom. The number of carbonyl (C=O) groups is 1. The summed E-state index contributed by atoms with van der Waals surface area (Å²) in [6.07, 6.45) is 0. The number of nitro groups is 1. The van der Waals surface area contributed by atoms with E-state index >= 15 is 0 Å². The summed E-state index contributed by atoms with van der Waals surface area (Å²) in [5.41, 5.74) is 4.01. The number of thiazole rings is 1. The molecule has 32 heavy (non-hydrogen) atoms. The molecule has 0 aliphatic carbocycles. The molecular weight excluding hydrogens is 446 g/mol. The van der Waals surface area contributed by atoms with Crippen LogP contribution >= 0.6 is 22.7 Å². The van der Waals surface area contributed by atoms with Crippen LogP contribution in [-0.2, 0) is 0 Å². The van der Waals surface area contributed by atoms with E-state index in [0.29, 0.717) is 21.2 Å². The molecule has 8 nitrogen and oxygen atoms in total. The van der Waals surface area contributed by atoms with Crippen LogP contribution in [0.15, 0.2) is 42.5 Å². The van der Waals surface area contributed by atoms with E-state index in [1.54, 1.807) is 22.9 Å². The SMILES string of the molecule is Cc1cc(NC(=O)c2cc3cc([N+](=O)[O-])ccc3s2)n(-c2nc3cc(C)c(C)cc3s2)n1. The van der Waals surface area contributed by atoms with Gasteiger partial charge in [0, 0.05) is 28.3 Å². The van der Waals surface area contributed by atoms with Crippen molar-refractivity contribution >= 4 is 60.4 Å². The molecule has 160 valence electrons. The molecule has 10 heteroatoms. The van der Waals surface area contributed by atoms with E-state index in [4.69, 9.17) is 4.98 Å². The van der Waals surface area contributed by atoms with Crippen molar-refractivity contribution in [3.8, 4) is 5.13 Å². The predicted molar refractivity (Wildman–Crippen MR) is 127 cm³/mol. The number of rotatable bonds is 4. The Hall–Kier alpha value is -3.63. The fraction of sp³-hybridized carbons (Fsp3) is 0.136. The summed E-state index contributed by atoms with van der Waals surface area (Å²) in [5.74, 6) is 0.214. The molecule has 2 aromatic carbocycles. The highest BCUT2D eigenvalue weighted by Crippen LogP contribution is 2.31. The van der Waals surface area contributed by atoms with Gasteiger partial charge in [-0.25, -0.2) is 4.98 Å². The van der Waals surface area contributed by atoms with E-state index in [2.05, 4.69) is 36.4 Å². The van der Waals surface area contributed by atoms with Gasteiger partial charge >= 0.3 is 0 Å². The summed E-state index contributed by atoms with van der Waals surface area (Å²) in [6, 6.07) is 12.2. The Morgan fingerprint density at radius 2 is 1.81 bits per heavy atom. The topological polar surface area (TPSA) is 103 Å². The molecule has 3 heterocycles. The Morgan fingerprint density at radius 1 is 1.03 bits per heavy atom. The van der Waals surface area contributed by atoms with Crippen LogP contribution < -0.4 is 5.32 Å². The highest BCUT2D eigenvalue weighted by Gasteiger charge is 2.18. The molecule has 0 bridgehead atoms. The van der Waals surface area contributed by atoms with Crippen molar-refractivity contribution < 1.29 is 9.72 Å². The molecule has 0 aliphatic rings. The van der Waals surface area contributed by atoms with Crippen LogP contribution in [0.4, 0.5) is 11.5 Å². The molecule has 0 spiro atoms. The summed E-state index contributed by atoms with van der Waals surface area (Å²) in [4.78, 5) is 28.7. The minimum Gasteiger partial charge on any atom is -0.306 e. The van der Waals surface area contributed by atoms with Crippen LogP contribution in [0, 0.1) is 30.9 Å². The first-order valence-electron chi connectivity index (χ1n) is 9.72. The first-order valence-corrected chi connectivity index (χ1v) is 11.4. The minimum atomic E-state index is -0.445. The number of nitrogens with one attached hydrogen (secondary N) is 1. The lowest BCUT2D eigenvalue weighted by Crippen LogP contribution is -2.13. The van der Waals surface area contributed by atoms with Gasteiger partial charge in [-0.1, -0.05) is 11.3 Å². The summed E-state index contributed by atoms with van der Waals surface area (Å²) < 4.78 is 3.50. The zero-order chi connectivity index (χ0) is 22.6. The van der Waals surface area contributed by atoms with Crippen LogP contribution in [0.2, 0.25) is 0 Å². The third-order valence-electron chi connectivity index (χ3n) is 5.18. The number of aryl methyl sites for hydroxylation is 3. The smallest absolute Gasteiger partial charge is 0.270 e. The number of hydrogen-bond acceptors (Lipinski definition) is 7. The third-order valence-corrected chi connectivity index (χ3v) is 7.29. The van der Waals surface area contributed by atoms with Gasteiger partial charge in [0.1, 0.15) is 5.82 Å². The van der Waals surface area contributed by atoms with Crippen molar-refractivity contribution in [2.24, 2.45) is 0 Å². The van der Waals surface area contributed by atoms with Gasteiger partial charge in [0.25, 0.3) is 11.6 Å². The number of hydrogen-bond donors (Lipinski definition) is 1. The van der Waals surface area contributed by atoms with Crippen molar-refractivity contribution in [3.63, 3.8) is 0 Å². The Labute approximate surface area is 190 Å². The molecule has 0 saturated carbocycles. The van der Waals surface area contributed by atoms with Crippen LogP contribution in [0.3, 0.4) is 0 Å². The number of carbonyl (C=O) groups excluding carboxylic acids is 1. The molecular formula is C22H17N5O3S2. The molecule has 3 aromatic heterocycles. The van der Waals surface area contributed by atoms with Crippen LogP contribution in [0.25, 0.3) is 25.4 Å². The molecule has 5 rings (SSSR count). The summed E-state index contributed by atoms with van der Waals surface area (Å²) in [6.45, 7) is 5.97. The number of nitrogens with zero attached hydrogens (tertiary/aromatic N) is 4. The summed E-state index contributed by atoms with van der Waals surface area (Å²) >= 11 is 2.79. The second-order valence-corrected chi connectivity index (χ2v) is 9.62. The second-order valence-electron chi connectivity index (χ2n) is 7.53. The number of fused-ring (bicyclic) bond motifs is 2. The lowest BCUT2D eigenvalue weighted by molar-refractivity contribution is -0.384. The van der Waals surface area contributed by atoms with Crippen LogP contribution in [-0.4, -0.2) is 25.6 Å². The van der Waals surface area contributed by atoms with E-state index in [-0.39, 0.29) is 11.6 Å². The van der Waals surface area contributed by atoms with E-state index in [1.165, 1.54) is 45.9 Å². The zero-order valence-corrected chi connectivity index (χ0v) is 19.0. The van der Waals surface area contributed by atoms with E-state index in [0.717, 1.165) is 20.6 Å². The number of nitro benzene ring substituents is 1. The fourth-order valence-corrected chi connectivity index (χ4v) is 5.38. The van der Waals surface area contributed by atoms with Gasteiger partial charge in [0.05, 0.1) is 25.7 Å². The van der Waals surface area contributed by atoms with Gasteiger partial charge in [0.2, 0.25) is 5.13 Å². The van der Waals surface area contributed by atoms with Crippen molar-refractivity contribution in [3.05, 3.63) is 74.3 Å². The largest absolute Gasteiger partial charge is 0.306 e. The lowest BCUT2D eigenvalue weighted by atomic mass is 10.1. The molecule has 0 radical (unpaired) electrons. The maximum Gasteiger partial charge on any atom is 0.270 e. The predicted octanol–water partition coefficient (Wildman–Crippen LogP) is 5.78. The molecule has 0 unspecified atom stereocenters. The normalized spacial score (nSPS) is 11.3. The number of benzene rings is 2. The average Bonchev–Trinajstić information content (AvgIpc) is 3.44. The van der Waals surface area contributed by atoms with E-state index in [1.807, 2.05) is 6.92 Å². The molecule has 5 aromatic rings. The lowest BCUT2D eigenvalue weighted by Gasteiger charge is -2.05.